The molecule has 0 bridgehead atoms. The van der Waals surface area contributed by atoms with Crippen LogP contribution in [0.5, 0.6) is 0 Å². The zero-order chi connectivity index (χ0) is 13.2. The molecule has 0 saturated carbocycles. The van der Waals surface area contributed by atoms with Crippen LogP contribution in [0.15, 0.2) is 53.4 Å². The molecule has 3 nitrogen and oxygen atoms in total. The topological polar surface area (TPSA) is 46.2 Å². The maximum atomic E-state index is 13.3. The van der Waals surface area contributed by atoms with Crippen molar-refractivity contribution in [1.82, 2.24) is 0 Å². The third-order valence-corrected chi connectivity index (χ3v) is 3.63. The number of nitrogens with one attached hydrogen (secondary N) is 1. The van der Waals surface area contributed by atoms with E-state index in [0.29, 0.717) is 0 Å². The van der Waals surface area contributed by atoms with Gasteiger partial charge in [0.2, 0.25) is 0 Å². The van der Waals surface area contributed by atoms with Gasteiger partial charge in [0.1, 0.15) is 0 Å². The predicted octanol–water partition coefficient (Wildman–Crippen LogP) is 2.77. The summed E-state index contributed by atoms with van der Waals surface area (Å²) in [5.41, 5.74) is -0.418. The van der Waals surface area contributed by atoms with Gasteiger partial charge in [0.05, 0.1) is 10.6 Å². The minimum Gasteiger partial charge on any atom is -0.277 e. The number of hydrogen-bond acceptors (Lipinski definition) is 2. The first-order valence-electron chi connectivity index (χ1n) is 5.02. The second kappa shape index (κ2) is 4.73. The fourth-order valence-electron chi connectivity index (χ4n) is 1.39. The summed E-state index contributed by atoms with van der Waals surface area (Å²) in [5, 5.41) is 0. The molecule has 0 unspecified atom stereocenters. The van der Waals surface area contributed by atoms with Gasteiger partial charge in [-0.15, -0.1) is 0 Å². The van der Waals surface area contributed by atoms with Crippen LogP contribution in [0.25, 0.3) is 0 Å². The molecule has 0 aliphatic carbocycles. The molecule has 0 aromatic heterocycles. The Morgan fingerprint density at radius 2 is 1.56 bits per heavy atom. The third-order valence-electron chi connectivity index (χ3n) is 2.25. The van der Waals surface area contributed by atoms with E-state index in [1.54, 1.807) is 6.07 Å². The highest BCUT2D eigenvalue weighted by Crippen LogP contribution is 2.20. The summed E-state index contributed by atoms with van der Waals surface area (Å²) in [7, 11) is -3.91. The molecule has 0 atom stereocenters. The van der Waals surface area contributed by atoms with Crippen molar-refractivity contribution < 1.29 is 17.2 Å². The second-order valence-corrected chi connectivity index (χ2v) is 5.20. The third kappa shape index (κ3) is 2.48. The molecule has 0 spiro atoms. The maximum absolute atomic E-state index is 13.3. The number of benzene rings is 2. The Kier molecular flexibility index (Phi) is 3.29. The van der Waals surface area contributed by atoms with Crippen molar-refractivity contribution in [1.29, 1.82) is 0 Å². The van der Waals surface area contributed by atoms with E-state index >= 15 is 0 Å². The Hall–Kier alpha value is -1.95. The standard InChI is InChI=1S/C12H9F2NO2S/c13-10-7-4-8-11(12(10)14)15-18(16,17)9-5-2-1-3-6-9/h1-8,15H. The Balaban J connectivity index is 2.37. The lowest BCUT2D eigenvalue weighted by atomic mass is 10.3. The smallest absolute Gasteiger partial charge is 0.261 e. The lowest BCUT2D eigenvalue weighted by Gasteiger charge is -2.08. The molecule has 0 aliphatic rings. The molecule has 1 N–H and O–H groups in total. The zero-order valence-electron chi connectivity index (χ0n) is 9.10. The molecule has 94 valence electrons. The Bertz CT molecular complexity index is 657. The number of rotatable bonds is 3. The van der Waals surface area contributed by atoms with E-state index in [2.05, 4.69) is 0 Å². The van der Waals surface area contributed by atoms with Crippen molar-refractivity contribution in [2.75, 3.05) is 4.72 Å². The molecule has 0 amide bonds. The van der Waals surface area contributed by atoms with Crippen LogP contribution in [-0.2, 0) is 10.0 Å². The van der Waals surface area contributed by atoms with Gasteiger partial charge in [0, 0.05) is 0 Å². The molecule has 2 aromatic carbocycles. The van der Waals surface area contributed by atoms with Gasteiger partial charge in [-0.3, -0.25) is 4.72 Å². The van der Waals surface area contributed by atoms with E-state index in [1.165, 1.54) is 30.3 Å². The second-order valence-electron chi connectivity index (χ2n) is 3.52. The van der Waals surface area contributed by atoms with E-state index in [1.807, 2.05) is 4.72 Å². The van der Waals surface area contributed by atoms with Crippen LogP contribution in [0.1, 0.15) is 0 Å². The number of anilines is 1. The van der Waals surface area contributed by atoms with E-state index in [-0.39, 0.29) is 4.90 Å². The average Bonchev–Trinajstić information content (AvgIpc) is 2.36. The Morgan fingerprint density at radius 3 is 2.22 bits per heavy atom. The highest BCUT2D eigenvalue weighted by Gasteiger charge is 2.17. The van der Waals surface area contributed by atoms with Crippen molar-refractivity contribution in [3.8, 4) is 0 Å². The van der Waals surface area contributed by atoms with Gasteiger partial charge in [-0.25, -0.2) is 17.2 Å². The fourth-order valence-corrected chi connectivity index (χ4v) is 2.47. The number of halogens is 2. The lowest BCUT2D eigenvalue weighted by molar-refractivity contribution is 0.511. The van der Waals surface area contributed by atoms with Crippen LogP contribution in [0.4, 0.5) is 14.5 Å². The van der Waals surface area contributed by atoms with Crippen LogP contribution in [0.3, 0.4) is 0 Å². The highest BCUT2D eigenvalue weighted by atomic mass is 32.2. The van der Waals surface area contributed by atoms with E-state index in [4.69, 9.17) is 0 Å². The van der Waals surface area contributed by atoms with Gasteiger partial charge in [-0.1, -0.05) is 24.3 Å². The quantitative estimate of drug-likeness (QED) is 0.931. The van der Waals surface area contributed by atoms with Crippen molar-refractivity contribution >= 4 is 15.7 Å². The van der Waals surface area contributed by atoms with Gasteiger partial charge in [0.25, 0.3) is 10.0 Å². The fraction of sp³-hybridized carbons (Fsp3) is 0. The van der Waals surface area contributed by atoms with Crippen LogP contribution >= 0.6 is 0 Å². The number of hydrogen-bond donors (Lipinski definition) is 1. The minimum absolute atomic E-state index is 0.0198. The first-order chi connectivity index (χ1) is 8.50. The molecule has 0 fully saturated rings. The molecule has 2 aromatic rings. The van der Waals surface area contributed by atoms with E-state index in [0.717, 1.165) is 12.1 Å². The highest BCUT2D eigenvalue weighted by molar-refractivity contribution is 7.92. The molecular formula is C12H9F2NO2S. The Labute approximate surface area is 103 Å². The van der Waals surface area contributed by atoms with Crippen molar-refractivity contribution in [2.45, 2.75) is 4.90 Å². The molecule has 0 saturated heterocycles. The maximum Gasteiger partial charge on any atom is 0.261 e. The van der Waals surface area contributed by atoms with Crippen molar-refractivity contribution in [3.63, 3.8) is 0 Å². The molecule has 2 rings (SSSR count). The van der Waals surface area contributed by atoms with Crippen LogP contribution < -0.4 is 4.72 Å². The lowest BCUT2D eigenvalue weighted by Crippen LogP contribution is -2.14. The SMILES string of the molecule is O=S(=O)(Nc1cccc(F)c1F)c1ccccc1. The summed E-state index contributed by atoms with van der Waals surface area (Å²) in [6, 6.07) is 10.7. The number of sulfonamides is 1. The van der Waals surface area contributed by atoms with Crippen molar-refractivity contribution in [2.24, 2.45) is 0 Å². The summed E-state index contributed by atoms with van der Waals surface area (Å²) in [6.45, 7) is 0. The monoisotopic (exact) mass is 269 g/mol. The first-order valence-corrected chi connectivity index (χ1v) is 6.51. The summed E-state index contributed by atoms with van der Waals surface area (Å²) >= 11 is 0. The molecular weight excluding hydrogens is 260 g/mol. The van der Waals surface area contributed by atoms with Gasteiger partial charge in [-0.2, -0.15) is 0 Å². The summed E-state index contributed by atoms with van der Waals surface area (Å²) in [6.07, 6.45) is 0. The zero-order valence-corrected chi connectivity index (χ0v) is 9.92. The van der Waals surface area contributed by atoms with Gasteiger partial charge >= 0.3 is 0 Å². The summed E-state index contributed by atoms with van der Waals surface area (Å²) < 4.78 is 52.0. The largest absolute Gasteiger partial charge is 0.277 e. The van der Waals surface area contributed by atoms with Crippen molar-refractivity contribution in [3.05, 3.63) is 60.2 Å². The molecule has 0 heterocycles. The normalized spacial score (nSPS) is 11.2. The summed E-state index contributed by atoms with van der Waals surface area (Å²) in [5.74, 6) is -2.33. The predicted molar refractivity (Wildman–Crippen MR) is 63.6 cm³/mol. The van der Waals surface area contributed by atoms with Crippen LogP contribution in [-0.4, -0.2) is 8.42 Å². The van der Waals surface area contributed by atoms with Crippen LogP contribution in [0, 0.1) is 11.6 Å². The molecule has 0 aliphatic heterocycles. The van der Waals surface area contributed by atoms with E-state index < -0.39 is 27.3 Å². The molecule has 6 heteroatoms. The van der Waals surface area contributed by atoms with Gasteiger partial charge < -0.3 is 0 Å². The first kappa shape index (κ1) is 12.5. The minimum atomic E-state index is -3.91. The molecule has 0 radical (unpaired) electrons. The van der Waals surface area contributed by atoms with E-state index in [9.17, 15) is 17.2 Å². The summed E-state index contributed by atoms with van der Waals surface area (Å²) in [4.78, 5) is -0.0198. The molecule has 18 heavy (non-hydrogen) atoms. The van der Waals surface area contributed by atoms with Gasteiger partial charge in [-0.05, 0) is 24.3 Å². The Morgan fingerprint density at radius 1 is 0.889 bits per heavy atom. The van der Waals surface area contributed by atoms with Crippen LogP contribution in [0.2, 0.25) is 0 Å². The average molecular weight is 269 g/mol. The van der Waals surface area contributed by atoms with Gasteiger partial charge in [0.15, 0.2) is 11.6 Å².